The molecule has 2 aromatic heterocycles. The van der Waals surface area contributed by atoms with Gasteiger partial charge < -0.3 is 0 Å². The van der Waals surface area contributed by atoms with E-state index in [1.807, 2.05) is 18.2 Å². The molecule has 3 aromatic rings. The van der Waals surface area contributed by atoms with Gasteiger partial charge in [0.25, 0.3) is 5.91 Å². The van der Waals surface area contributed by atoms with Crippen LogP contribution in [-0.2, 0) is 0 Å². The first kappa shape index (κ1) is 17.9. The maximum atomic E-state index is 12.4. The van der Waals surface area contributed by atoms with Gasteiger partial charge in [0.15, 0.2) is 0 Å². The summed E-state index contributed by atoms with van der Waals surface area (Å²) in [6.45, 7) is 1.76. The van der Waals surface area contributed by atoms with Gasteiger partial charge in [-0.1, -0.05) is 40.9 Å². The summed E-state index contributed by atoms with van der Waals surface area (Å²) in [7, 11) is 0. The minimum Gasteiger partial charge on any atom is -0.295 e. The lowest BCUT2D eigenvalue weighted by molar-refractivity contribution is 0.0966. The van der Waals surface area contributed by atoms with Gasteiger partial charge in [0.05, 0.1) is 27.1 Å². The molecule has 0 bridgehead atoms. The van der Waals surface area contributed by atoms with Gasteiger partial charge in [-0.05, 0) is 31.2 Å². The highest BCUT2D eigenvalue weighted by atomic mass is 35.5. The van der Waals surface area contributed by atoms with Gasteiger partial charge in [-0.2, -0.15) is 0 Å². The van der Waals surface area contributed by atoms with Crippen LogP contribution >= 0.6 is 46.1 Å². The third-order valence-electron chi connectivity index (χ3n) is 3.19. The molecule has 1 amide bonds. The van der Waals surface area contributed by atoms with Crippen molar-refractivity contribution in [3.63, 3.8) is 0 Å². The van der Waals surface area contributed by atoms with Crippen molar-refractivity contribution in [1.82, 2.24) is 15.4 Å². The molecule has 0 saturated heterocycles. The number of anilines is 1. The van der Waals surface area contributed by atoms with Crippen LogP contribution in [-0.4, -0.2) is 15.9 Å². The van der Waals surface area contributed by atoms with Crippen LogP contribution < -0.4 is 10.9 Å². The average Bonchev–Trinajstić information content (AvgIpc) is 2.96. The van der Waals surface area contributed by atoms with Crippen molar-refractivity contribution in [3.8, 4) is 10.7 Å². The Kier molecular flexibility index (Phi) is 5.44. The Bertz CT molecular complexity index is 907. The van der Waals surface area contributed by atoms with Gasteiger partial charge >= 0.3 is 0 Å². The number of thiazole rings is 1. The molecule has 5 nitrogen and oxygen atoms in total. The van der Waals surface area contributed by atoms with Crippen LogP contribution in [0.1, 0.15) is 15.4 Å². The number of pyridine rings is 1. The lowest BCUT2D eigenvalue weighted by Crippen LogP contribution is -2.29. The number of hydrogen-bond acceptors (Lipinski definition) is 5. The lowest BCUT2D eigenvalue weighted by Gasteiger charge is -2.11. The minimum atomic E-state index is -0.348. The Labute approximate surface area is 162 Å². The van der Waals surface area contributed by atoms with E-state index in [1.165, 1.54) is 23.5 Å². The number of carbonyl (C=O) groups is 1. The molecule has 3 rings (SSSR count). The Morgan fingerprint density at radius 2 is 1.88 bits per heavy atom. The summed E-state index contributed by atoms with van der Waals surface area (Å²) in [4.78, 5) is 21.5. The standard InChI is InChI=1S/C16H11Cl3N4OS/c1-8-14(25-16(21-8)12-4-2-3-5-20-12)15(24)23-22-13-10(18)6-9(17)7-11(13)19/h2-7,22H,1H3,(H,23,24). The molecule has 128 valence electrons. The third kappa shape index (κ3) is 4.04. The molecule has 2 N–H and O–H groups in total. The third-order valence-corrected chi connectivity index (χ3v) is 5.19. The molecule has 0 aliphatic heterocycles. The zero-order valence-electron chi connectivity index (χ0n) is 12.8. The van der Waals surface area contributed by atoms with Crippen molar-refractivity contribution < 1.29 is 4.79 Å². The fraction of sp³-hybridized carbons (Fsp3) is 0.0625. The SMILES string of the molecule is Cc1nc(-c2ccccn2)sc1C(=O)NNc1c(Cl)cc(Cl)cc1Cl. The molecule has 25 heavy (non-hydrogen) atoms. The molecular formula is C16H11Cl3N4OS. The number of nitrogens with one attached hydrogen (secondary N) is 2. The summed E-state index contributed by atoms with van der Waals surface area (Å²) >= 11 is 19.3. The van der Waals surface area contributed by atoms with E-state index in [9.17, 15) is 4.79 Å². The fourth-order valence-electron chi connectivity index (χ4n) is 2.04. The fourth-order valence-corrected chi connectivity index (χ4v) is 3.89. The molecule has 0 aliphatic carbocycles. The Hall–Kier alpha value is -1.86. The molecule has 9 heteroatoms. The van der Waals surface area contributed by atoms with E-state index in [-0.39, 0.29) is 5.91 Å². The zero-order chi connectivity index (χ0) is 18.0. The van der Waals surface area contributed by atoms with Crippen LogP contribution in [0.5, 0.6) is 0 Å². The second-order valence-electron chi connectivity index (χ2n) is 4.97. The normalized spacial score (nSPS) is 10.6. The summed E-state index contributed by atoms with van der Waals surface area (Å²) in [5, 5.41) is 1.68. The highest BCUT2D eigenvalue weighted by molar-refractivity contribution is 7.17. The van der Waals surface area contributed by atoms with Gasteiger partial charge in [0, 0.05) is 11.2 Å². The van der Waals surface area contributed by atoms with Crippen LogP contribution in [0.3, 0.4) is 0 Å². The number of carbonyl (C=O) groups excluding carboxylic acids is 1. The van der Waals surface area contributed by atoms with Crippen molar-refractivity contribution in [2.24, 2.45) is 0 Å². The molecule has 1 aromatic carbocycles. The highest BCUT2D eigenvalue weighted by Gasteiger charge is 2.17. The van der Waals surface area contributed by atoms with Gasteiger partial charge in [-0.3, -0.25) is 20.6 Å². The smallest absolute Gasteiger partial charge is 0.281 e. The number of aromatic nitrogens is 2. The maximum absolute atomic E-state index is 12.4. The van der Waals surface area contributed by atoms with E-state index < -0.39 is 0 Å². The largest absolute Gasteiger partial charge is 0.295 e. The Morgan fingerprint density at radius 1 is 1.16 bits per heavy atom. The summed E-state index contributed by atoms with van der Waals surface area (Å²) in [5.74, 6) is -0.348. The number of aryl methyl sites for hydroxylation is 1. The van der Waals surface area contributed by atoms with Crippen molar-refractivity contribution >= 4 is 57.7 Å². The van der Waals surface area contributed by atoms with E-state index in [0.717, 1.165) is 0 Å². The van der Waals surface area contributed by atoms with Gasteiger partial charge in [0.1, 0.15) is 9.88 Å². The van der Waals surface area contributed by atoms with Gasteiger partial charge in [-0.15, -0.1) is 11.3 Å². The van der Waals surface area contributed by atoms with Gasteiger partial charge in [-0.25, -0.2) is 4.98 Å². The van der Waals surface area contributed by atoms with E-state index >= 15 is 0 Å². The molecule has 2 heterocycles. The quantitative estimate of drug-likeness (QED) is 0.575. The number of halogens is 3. The van der Waals surface area contributed by atoms with Crippen LogP contribution in [0.25, 0.3) is 10.7 Å². The second kappa shape index (κ2) is 7.58. The molecule has 0 atom stereocenters. The number of benzene rings is 1. The maximum Gasteiger partial charge on any atom is 0.281 e. The number of rotatable bonds is 4. The Morgan fingerprint density at radius 3 is 2.52 bits per heavy atom. The van der Waals surface area contributed by atoms with Gasteiger partial charge in [0.2, 0.25) is 0 Å². The molecule has 0 fully saturated rings. The van der Waals surface area contributed by atoms with E-state index in [1.54, 1.807) is 13.1 Å². The summed E-state index contributed by atoms with van der Waals surface area (Å²) in [6, 6.07) is 8.58. The topological polar surface area (TPSA) is 66.9 Å². The second-order valence-corrected chi connectivity index (χ2v) is 7.22. The molecular weight excluding hydrogens is 403 g/mol. The van der Waals surface area contributed by atoms with Crippen molar-refractivity contribution in [1.29, 1.82) is 0 Å². The van der Waals surface area contributed by atoms with Crippen LogP contribution in [0.2, 0.25) is 15.1 Å². The predicted molar refractivity (Wildman–Crippen MR) is 103 cm³/mol. The van der Waals surface area contributed by atoms with Crippen LogP contribution in [0.4, 0.5) is 5.69 Å². The first-order valence-corrected chi connectivity index (χ1v) is 9.00. The monoisotopic (exact) mass is 412 g/mol. The van der Waals surface area contributed by atoms with E-state index in [2.05, 4.69) is 20.8 Å². The van der Waals surface area contributed by atoms with Crippen LogP contribution in [0.15, 0.2) is 36.5 Å². The van der Waals surface area contributed by atoms with E-state index in [0.29, 0.717) is 42.0 Å². The number of nitrogens with zero attached hydrogens (tertiary/aromatic N) is 2. The average molecular weight is 414 g/mol. The first-order valence-electron chi connectivity index (χ1n) is 7.05. The number of amides is 1. The molecule has 0 unspecified atom stereocenters. The molecule has 0 aliphatic rings. The van der Waals surface area contributed by atoms with Crippen molar-refractivity contribution in [2.75, 3.05) is 5.43 Å². The molecule has 0 spiro atoms. The first-order chi connectivity index (χ1) is 12.0. The van der Waals surface area contributed by atoms with Crippen molar-refractivity contribution in [2.45, 2.75) is 6.92 Å². The highest BCUT2D eigenvalue weighted by Crippen LogP contribution is 2.33. The summed E-state index contributed by atoms with van der Waals surface area (Å²) in [6.07, 6.45) is 1.68. The minimum absolute atomic E-state index is 0.299. The molecule has 0 radical (unpaired) electrons. The lowest BCUT2D eigenvalue weighted by atomic mass is 10.3. The summed E-state index contributed by atoms with van der Waals surface area (Å²) in [5.41, 5.74) is 6.99. The van der Waals surface area contributed by atoms with Crippen molar-refractivity contribution in [3.05, 3.63) is 62.2 Å². The summed E-state index contributed by atoms with van der Waals surface area (Å²) < 4.78 is 0. The number of hydrazine groups is 1. The molecule has 0 saturated carbocycles. The van der Waals surface area contributed by atoms with E-state index in [4.69, 9.17) is 34.8 Å². The van der Waals surface area contributed by atoms with Crippen LogP contribution in [0, 0.1) is 6.92 Å². The predicted octanol–water partition coefficient (Wildman–Crippen LogP) is 5.23. The number of hydrogen-bond donors (Lipinski definition) is 2. The zero-order valence-corrected chi connectivity index (χ0v) is 15.9. The Balaban J connectivity index is 1.78.